The van der Waals surface area contributed by atoms with E-state index in [4.69, 9.17) is 25.1 Å². The van der Waals surface area contributed by atoms with Gasteiger partial charge in [-0.05, 0) is 18.8 Å². The number of alkyl halides is 3. The van der Waals surface area contributed by atoms with Gasteiger partial charge < -0.3 is 20.3 Å². The molecule has 3 rings (SSSR count). The molecular formula is C15H20F3N5O4. The molecule has 2 aromatic rings. The average Bonchev–Trinajstić information content (AvgIpc) is 3.04. The lowest BCUT2D eigenvalue weighted by atomic mass is 9.90. The van der Waals surface area contributed by atoms with Gasteiger partial charge in [0, 0.05) is 0 Å². The molecule has 0 radical (unpaired) electrons. The summed E-state index contributed by atoms with van der Waals surface area (Å²) in [6.07, 6.45) is 1.26. The summed E-state index contributed by atoms with van der Waals surface area (Å²) in [5.41, 5.74) is 6.91. The maximum Gasteiger partial charge on any atom is 0.490 e. The van der Waals surface area contributed by atoms with Crippen LogP contribution in [-0.2, 0) is 4.79 Å². The van der Waals surface area contributed by atoms with E-state index in [2.05, 4.69) is 19.9 Å². The molecule has 1 saturated carbocycles. The number of nitrogen functional groups attached to an aromatic ring is 1. The number of hydrogen-bond acceptors (Lipinski definition) is 7. The number of H-pyrrole nitrogens is 1. The highest BCUT2D eigenvalue weighted by Gasteiger charge is 2.38. The fraction of sp³-hybridized carbons (Fsp3) is 0.600. The Hall–Kier alpha value is -2.79. The van der Waals surface area contributed by atoms with Crippen LogP contribution < -0.4 is 15.2 Å². The Bertz CT molecular complexity index is 775. The normalized spacial score (nSPS) is 15.1. The van der Waals surface area contributed by atoms with E-state index in [9.17, 15) is 13.2 Å². The number of rotatable bonds is 4. The highest BCUT2D eigenvalue weighted by molar-refractivity contribution is 5.82. The van der Waals surface area contributed by atoms with Crippen LogP contribution in [0, 0.1) is 5.92 Å². The zero-order valence-electron chi connectivity index (χ0n) is 14.5. The van der Waals surface area contributed by atoms with Crippen molar-refractivity contribution in [1.82, 2.24) is 19.9 Å². The summed E-state index contributed by atoms with van der Waals surface area (Å²) in [6.45, 7) is 0.649. The van der Waals surface area contributed by atoms with Crippen molar-refractivity contribution in [2.45, 2.75) is 38.3 Å². The molecule has 150 valence electrons. The highest BCUT2D eigenvalue weighted by Crippen LogP contribution is 2.25. The van der Waals surface area contributed by atoms with Crippen LogP contribution in [0.2, 0.25) is 0 Å². The van der Waals surface area contributed by atoms with Crippen LogP contribution in [0.5, 0.6) is 12.0 Å². The number of hydrogen-bond donors (Lipinski definition) is 3. The van der Waals surface area contributed by atoms with Crippen LogP contribution in [0.1, 0.15) is 32.1 Å². The minimum absolute atomic E-state index is 0.298. The number of fused-ring (bicyclic) bond motifs is 1. The van der Waals surface area contributed by atoms with Crippen LogP contribution >= 0.6 is 0 Å². The van der Waals surface area contributed by atoms with Crippen LogP contribution in [0.15, 0.2) is 0 Å². The second-order valence-corrected chi connectivity index (χ2v) is 5.95. The SMILES string of the molecule is COc1nc2c(N)nc(OCC3CCCCC3)nc2[nH]1.O=C(O)C(F)(F)F. The number of carboxylic acids is 1. The topological polar surface area (TPSA) is 136 Å². The summed E-state index contributed by atoms with van der Waals surface area (Å²) in [6, 6.07) is 0.664. The van der Waals surface area contributed by atoms with Gasteiger partial charge in [0.05, 0.1) is 13.7 Å². The second-order valence-electron chi connectivity index (χ2n) is 5.95. The van der Waals surface area contributed by atoms with Gasteiger partial charge >= 0.3 is 18.2 Å². The Labute approximate surface area is 152 Å². The van der Waals surface area contributed by atoms with Crippen molar-refractivity contribution in [2.24, 2.45) is 5.92 Å². The molecule has 1 aliphatic rings. The van der Waals surface area contributed by atoms with Crippen LogP contribution in [0.25, 0.3) is 11.2 Å². The summed E-state index contributed by atoms with van der Waals surface area (Å²) < 4.78 is 42.4. The number of anilines is 1. The maximum absolute atomic E-state index is 10.6. The molecule has 0 aromatic carbocycles. The fourth-order valence-corrected chi connectivity index (χ4v) is 2.59. The zero-order chi connectivity index (χ0) is 20.0. The van der Waals surface area contributed by atoms with Crippen molar-refractivity contribution < 1.29 is 32.5 Å². The number of nitrogens with one attached hydrogen (secondary N) is 1. The summed E-state index contributed by atoms with van der Waals surface area (Å²) in [4.78, 5) is 24.4. The molecule has 12 heteroatoms. The summed E-state index contributed by atoms with van der Waals surface area (Å²) in [5.74, 6) is -1.86. The number of methoxy groups -OCH3 is 1. The zero-order valence-corrected chi connectivity index (χ0v) is 14.5. The third kappa shape index (κ3) is 5.86. The van der Waals surface area contributed by atoms with Crippen molar-refractivity contribution in [3.05, 3.63) is 0 Å². The molecule has 1 aliphatic carbocycles. The molecule has 9 nitrogen and oxygen atoms in total. The van der Waals surface area contributed by atoms with Crippen molar-refractivity contribution in [3.8, 4) is 12.0 Å². The minimum Gasteiger partial charge on any atom is -0.475 e. The number of carboxylic acid groups (broad SMARTS) is 1. The Morgan fingerprint density at radius 1 is 1.26 bits per heavy atom. The lowest BCUT2D eigenvalue weighted by Gasteiger charge is -2.20. The number of ether oxygens (including phenoxy) is 2. The van der Waals surface area contributed by atoms with Gasteiger partial charge in [0.15, 0.2) is 17.0 Å². The number of halogens is 3. The third-order valence-corrected chi connectivity index (χ3v) is 3.94. The van der Waals surface area contributed by atoms with Gasteiger partial charge in [-0.3, -0.25) is 4.98 Å². The van der Waals surface area contributed by atoms with Crippen LogP contribution in [0.3, 0.4) is 0 Å². The van der Waals surface area contributed by atoms with Crippen molar-refractivity contribution >= 4 is 23.0 Å². The van der Waals surface area contributed by atoms with E-state index < -0.39 is 12.1 Å². The quantitative estimate of drug-likeness (QED) is 0.723. The number of imidazole rings is 1. The van der Waals surface area contributed by atoms with E-state index in [-0.39, 0.29) is 0 Å². The van der Waals surface area contributed by atoms with Gasteiger partial charge in [0.2, 0.25) is 0 Å². The maximum atomic E-state index is 10.6. The second kappa shape index (κ2) is 8.73. The van der Waals surface area contributed by atoms with Crippen LogP contribution in [-0.4, -0.2) is 50.9 Å². The number of nitrogens with two attached hydrogens (primary N) is 1. The molecule has 0 bridgehead atoms. The van der Waals surface area contributed by atoms with Gasteiger partial charge in [0.1, 0.15) is 0 Å². The average molecular weight is 391 g/mol. The van der Waals surface area contributed by atoms with Gasteiger partial charge in [-0.25, -0.2) is 4.79 Å². The lowest BCUT2D eigenvalue weighted by Crippen LogP contribution is -2.21. The number of carbonyl (C=O) groups is 1. The van der Waals surface area contributed by atoms with Crippen molar-refractivity contribution in [3.63, 3.8) is 0 Å². The molecule has 0 unspecified atom stereocenters. The molecule has 0 aliphatic heterocycles. The molecule has 0 saturated heterocycles. The molecule has 2 aromatic heterocycles. The molecular weight excluding hydrogens is 371 g/mol. The lowest BCUT2D eigenvalue weighted by molar-refractivity contribution is -0.192. The molecule has 1 fully saturated rings. The van der Waals surface area contributed by atoms with E-state index in [0.717, 1.165) is 0 Å². The van der Waals surface area contributed by atoms with Gasteiger partial charge in [0.25, 0.3) is 6.01 Å². The first-order chi connectivity index (χ1) is 12.7. The predicted octanol–water partition coefficient (Wildman–Crippen LogP) is 2.54. The van der Waals surface area contributed by atoms with Gasteiger partial charge in [-0.15, -0.1) is 0 Å². The molecule has 27 heavy (non-hydrogen) atoms. The van der Waals surface area contributed by atoms with E-state index >= 15 is 0 Å². The first-order valence-corrected chi connectivity index (χ1v) is 8.20. The molecule has 2 heterocycles. The van der Waals surface area contributed by atoms with E-state index in [1.807, 2.05) is 0 Å². The number of nitrogens with zero attached hydrogens (tertiary/aromatic N) is 3. The summed E-state index contributed by atoms with van der Waals surface area (Å²) >= 11 is 0. The molecule has 0 atom stereocenters. The standard InChI is InChI=1S/C13H19N5O2.C2HF3O2/c1-19-12-15-9-10(14)16-13(18-11(9)17-12)20-7-8-5-3-2-4-6-8;3-2(4,5)1(6)7/h8H,2-7H2,1H3,(H3,14,15,16,17,18);(H,6,7). The summed E-state index contributed by atoms with van der Waals surface area (Å²) in [5, 5.41) is 7.12. The third-order valence-electron chi connectivity index (χ3n) is 3.94. The number of aliphatic carboxylic acids is 1. The first kappa shape index (κ1) is 20.5. The van der Waals surface area contributed by atoms with E-state index in [1.54, 1.807) is 0 Å². The smallest absolute Gasteiger partial charge is 0.475 e. The Morgan fingerprint density at radius 3 is 2.44 bits per heavy atom. The molecule has 4 N–H and O–H groups in total. The largest absolute Gasteiger partial charge is 0.490 e. The van der Waals surface area contributed by atoms with Crippen molar-refractivity contribution in [2.75, 3.05) is 19.5 Å². The van der Waals surface area contributed by atoms with E-state index in [0.29, 0.717) is 41.5 Å². The Morgan fingerprint density at radius 2 is 1.89 bits per heavy atom. The van der Waals surface area contributed by atoms with Crippen LogP contribution in [0.4, 0.5) is 19.0 Å². The molecule has 0 spiro atoms. The molecule has 0 amide bonds. The Kier molecular flexibility index (Phi) is 6.64. The van der Waals surface area contributed by atoms with Crippen molar-refractivity contribution in [1.29, 1.82) is 0 Å². The summed E-state index contributed by atoms with van der Waals surface area (Å²) in [7, 11) is 1.53. The number of aromatic amines is 1. The minimum atomic E-state index is -5.08. The van der Waals surface area contributed by atoms with Gasteiger partial charge in [-0.1, -0.05) is 19.3 Å². The number of aromatic nitrogens is 4. The highest BCUT2D eigenvalue weighted by atomic mass is 19.4. The Balaban J connectivity index is 0.000000321. The monoisotopic (exact) mass is 391 g/mol. The predicted molar refractivity (Wildman–Crippen MR) is 88.4 cm³/mol. The fourth-order valence-electron chi connectivity index (χ4n) is 2.59. The van der Waals surface area contributed by atoms with E-state index in [1.165, 1.54) is 39.2 Å². The first-order valence-electron chi connectivity index (χ1n) is 8.20. The van der Waals surface area contributed by atoms with Gasteiger partial charge in [-0.2, -0.15) is 28.1 Å².